The van der Waals surface area contributed by atoms with E-state index in [1.54, 1.807) is 11.3 Å². The van der Waals surface area contributed by atoms with E-state index in [0.717, 1.165) is 0 Å². The lowest BCUT2D eigenvalue weighted by molar-refractivity contribution is 0.881. The Bertz CT molecular complexity index is 451. The Labute approximate surface area is 107 Å². The van der Waals surface area contributed by atoms with Crippen molar-refractivity contribution >= 4 is 23.7 Å². The molecule has 0 saturated carbocycles. The van der Waals surface area contributed by atoms with Gasteiger partial charge in [0.15, 0.2) is 0 Å². The van der Waals surface area contributed by atoms with Crippen LogP contribution in [0.2, 0.25) is 0 Å². The van der Waals surface area contributed by atoms with E-state index in [4.69, 9.17) is 5.73 Å². The highest BCUT2D eigenvalue weighted by molar-refractivity contribution is 7.10. The molecular formula is C13H16ClNS. The van der Waals surface area contributed by atoms with Crippen LogP contribution in [0, 0.1) is 13.8 Å². The SMILES string of the molecule is Cc1ccc([C@@H](N)c2cccs2)c(C)c1.Cl. The summed E-state index contributed by atoms with van der Waals surface area (Å²) < 4.78 is 0. The first-order valence-electron chi connectivity index (χ1n) is 5.04. The van der Waals surface area contributed by atoms with Gasteiger partial charge in [-0.2, -0.15) is 0 Å². The molecule has 0 aliphatic carbocycles. The van der Waals surface area contributed by atoms with Gasteiger partial charge in [-0.1, -0.05) is 29.8 Å². The fourth-order valence-corrected chi connectivity index (χ4v) is 2.54. The van der Waals surface area contributed by atoms with Gasteiger partial charge in [-0.15, -0.1) is 23.7 Å². The number of thiophene rings is 1. The highest BCUT2D eigenvalue weighted by Gasteiger charge is 2.11. The Kier molecular flexibility index (Phi) is 4.54. The molecule has 1 aromatic heterocycles. The zero-order valence-corrected chi connectivity index (χ0v) is 11.1. The molecule has 3 heteroatoms. The second-order valence-electron chi connectivity index (χ2n) is 3.85. The summed E-state index contributed by atoms with van der Waals surface area (Å²) in [6.07, 6.45) is 0. The molecule has 2 aromatic rings. The maximum atomic E-state index is 6.22. The molecule has 1 nitrogen and oxygen atoms in total. The number of benzene rings is 1. The standard InChI is InChI=1S/C13H15NS.ClH/c1-9-5-6-11(10(2)8-9)13(14)12-4-3-7-15-12;/h3-8,13H,14H2,1-2H3;1H/t13-;/m1./s1. The minimum Gasteiger partial charge on any atom is -0.320 e. The van der Waals surface area contributed by atoms with Gasteiger partial charge < -0.3 is 5.73 Å². The van der Waals surface area contributed by atoms with Gasteiger partial charge in [0, 0.05) is 4.88 Å². The van der Waals surface area contributed by atoms with Crippen LogP contribution >= 0.6 is 23.7 Å². The van der Waals surface area contributed by atoms with Gasteiger partial charge in [0.25, 0.3) is 0 Å². The monoisotopic (exact) mass is 253 g/mol. The van der Waals surface area contributed by atoms with E-state index < -0.39 is 0 Å². The van der Waals surface area contributed by atoms with Crippen LogP contribution in [0.15, 0.2) is 35.7 Å². The molecule has 1 aromatic carbocycles. The summed E-state index contributed by atoms with van der Waals surface area (Å²) in [6.45, 7) is 4.23. The molecule has 2 rings (SSSR count). The van der Waals surface area contributed by atoms with Gasteiger partial charge in [-0.05, 0) is 36.4 Å². The third-order valence-corrected chi connectivity index (χ3v) is 3.57. The molecule has 1 atom stereocenters. The predicted molar refractivity (Wildman–Crippen MR) is 73.5 cm³/mol. The summed E-state index contributed by atoms with van der Waals surface area (Å²) in [4.78, 5) is 1.22. The quantitative estimate of drug-likeness (QED) is 0.865. The van der Waals surface area contributed by atoms with Gasteiger partial charge >= 0.3 is 0 Å². The van der Waals surface area contributed by atoms with Crippen molar-refractivity contribution in [3.05, 3.63) is 57.3 Å². The maximum absolute atomic E-state index is 6.22. The largest absolute Gasteiger partial charge is 0.320 e. The molecule has 0 spiro atoms. The molecule has 0 bridgehead atoms. The Morgan fingerprint density at radius 2 is 1.94 bits per heavy atom. The summed E-state index contributed by atoms with van der Waals surface area (Å²) in [5, 5.41) is 2.07. The summed E-state index contributed by atoms with van der Waals surface area (Å²) in [6, 6.07) is 10.6. The van der Waals surface area contributed by atoms with Crippen LogP contribution in [-0.4, -0.2) is 0 Å². The molecule has 0 amide bonds. The highest BCUT2D eigenvalue weighted by Crippen LogP contribution is 2.26. The van der Waals surface area contributed by atoms with E-state index in [0.29, 0.717) is 0 Å². The second kappa shape index (κ2) is 5.48. The van der Waals surface area contributed by atoms with E-state index in [1.807, 2.05) is 6.07 Å². The van der Waals surface area contributed by atoms with E-state index in [-0.39, 0.29) is 18.4 Å². The first-order valence-corrected chi connectivity index (χ1v) is 5.92. The summed E-state index contributed by atoms with van der Waals surface area (Å²) in [5.41, 5.74) is 10.0. The fraction of sp³-hybridized carbons (Fsp3) is 0.231. The lowest BCUT2D eigenvalue weighted by atomic mass is 9.99. The average molecular weight is 254 g/mol. The molecule has 0 aliphatic rings. The molecule has 0 saturated heterocycles. The first-order chi connectivity index (χ1) is 7.18. The zero-order chi connectivity index (χ0) is 10.8. The Balaban J connectivity index is 0.00000128. The van der Waals surface area contributed by atoms with Crippen molar-refractivity contribution in [3.63, 3.8) is 0 Å². The van der Waals surface area contributed by atoms with Crippen molar-refractivity contribution in [3.8, 4) is 0 Å². The first kappa shape index (κ1) is 13.2. The number of rotatable bonds is 2. The maximum Gasteiger partial charge on any atom is 0.0648 e. The molecule has 2 N–H and O–H groups in total. The van der Waals surface area contributed by atoms with Crippen LogP contribution < -0.4 is 5.73 Å². The van der Waals surface area contributed by atoms with Crippen molar-refractivity contribution in [2.24, 2.45) is 5.73 Å². The smallest absolute Gasteiger partial charge is 0.0648 e. The highest BCUT2D eigenvalue weighted by atomic mass is 35.5. The molecule has 16 heavy (non-hydrogen) atoms. The summed E-state index contributed by atoms with van der Waals surface area (Å²) >= 11 is 1.71. The number of nitrogens with two attached hydrogens (primary N) is 1. The fourth-order valence-electron chi connectivity index (χ4n) is 1.80. The Morgan fingerprint density at radius 3 is 2.50 bits per heavy atom. The number of hydrogen-bond acceptors (Lipinski definition) is 2. The minimum atomic E-state index is 0. The molecule has 0 unspecified atom stereocenters. The predicted octanol–water partition coefficient (Wildman–Crippen LogP) is 3.83. The third kappa shape index (κ3) is 2.64. The van der Waals surface area contributed by atoms with Crippen molar-refractivity contribution in [2.75, 3.05) is 0 Å². The normalized spacial score (nSPS) is 11.9. The van der Waals surface area contributed by atoms with Crippen molar-refractivity contribution in [1.29, 1.82) is 0 Å². The van der Waals surface area contributed by atoms with Gasteiger partial charge in [0.05, 0.1) is 6.04 Å². The minimum absolute atomic E-state index is 0. The molecular weight excluding hydrogens is 238 g/mol. The van der Waals surface area contributed by atoms with Gasteiger partial charge in [0.1, 0.15) is 0 Å². The van der Waals surface area contributed by atoms with Gasteiger partial charge in [0.2, 0.25) is 0 Å². The van der Waals surface area contributed by atoms with Crippen molar-refractivity contribution in [2.45, 2.75) is 19.9 Å². The number of hydrogen-bond donors (Lipinski definition) is 1. The molecule has 0 fully saturated rings. The van der Waals surface area contributed by atoms with Gasteiger partial charge in [-0.3, -0.25) is 0 Å². The van der Waals surface area contributed by atoms with Crippen LogP contribution in [0.4, 0.5) is 0 Å². The van der Waals surface area contributed by atoms with Gasteiger partial charge in [-0.25, -0.2) is 0 Å². The second-order valence-corrected chi connectivity index (χ2v) is 4.83. The topological polar surface area (TPSA) is 26.0 Å². The average Bonchev–Trinajstić information content (AvgIpc) is 2.69. The van der Waals surface area contributed by atoms with Crippen molar-refractivity contribution < 1.29 is 0 Å². The molecule has 86 valence electrons. The summed E-state index contributed by atoms with van der Waals surface area (Å²) in [5.74, 6) is 0. The van der Waals surface area contributed by atoms with Crippen LogP contribution in [0.1, 0.15) is 27.6 Å². The molecule has 1 heterocycles. The van der Waals surface area contributed by atoms with E-state index in [9.17, 15) is 0 Å². The van der Waals surface area contributed by atoms with Crippen LogP contribution in [0.25, 0.3) is 0 Å². The Hall–Kier alpha value is -0.830. The van der Waals surface area contributed by atoms with Crippen molar-refractivity contribution in [1.82, 2.24) is 0 Å². The molecule has 0 radical (unpaired) electrons. The lowest BCUT2D eigenvalue weighted by Gasteiger charge is -2.13. The van der Waals surface area contributed by atoms with E-state index in [2.05, 4.69) is 43.5 Å². The van der Waals surface area contributed by atoms with Crippen LogP contribution in [0.5, 0.6) is 0 Å². The van der Waals surface area contributed by atoms with E-state index in [1.165, 1.54) is 21.6 Å². The molecule has 0 aliphatic heterocycles. The Morgan fingerprint density at radius 1 is 1.19 bits per heavy atom. The van der Waals surface area contributed by atoms with E-state index >= 15 is 0 Å². The zero-order valence-electron chi connectivity index (χ0n) is 9.44. The third-order valence-electron chi connectivity index (χ3n) is 2.61. The number of halogens is 1. The summed E-state index contributed by atoms with van der Waals surface area (Å²) in [7, 11) is 0. The number of aryl methyl sites for hydroxylation is 2. The van der Waals surface area contributed by atoms with Crippen LogP contribution in [-0.2, 0) is 0 Å². The lowest BCUT2D eigenvalue weighted by Crippen LogP contribution is -2.11. The van der Waals surface area contributed by atoms with Crippen LogP contribution in [0.3, 0.4) is 0 Å².